The van der Waals surface area contributed by atoms with Crippen LogP contribution in [0.25, 0.3) is 0 Å². The summed E-state index contributed by atoms with van der Waals surface area (Å²) >= 11 is 1.54. The number of rotatable bonds is 8. The minimum Gasteiger partial charge on any atom is -0.274 e. The molecule has 0 unspecified atom stereocenters. The first-order valence-electron chi connectivity index (χ1n) is 10.4. The van der Waals surface area contributed by atoms with E-state index in [0.717, 1.165) is 15.4 Å². The standard InChI is InChI=1S/C25H23NO4S2/c1-18-13-14-20(17-23(18)31-19-9-3-2-4-10-19)32(29,30)16-8-7-15-26-24(27)21-11-5-6-12-22(21)25(26)28/h2-6,9-14,17H,7-8,15-16H2,1H3. The molecule has 0 bridgehead atoms. The van der Waals surface area contributed by atoms with E-state index in [-0.39, 0.29) is 24.1 Å². The second-order valence-corrected chi connectivity index (χ2v) is 10.9. The third kappa shape index (κ3) is 4.64. The summed E-state index contributed by atoms with van der Waals surface area (Å²) in [7, 11) is -3.47. The van der Waals surface area contributed by atoms with Crippen molar-refractivity contribution in [3.63, 3.8) is 0 Å². The number of unbranched alkanes of at least 4 members (excludes halogenated alkanes) is 1. The Morgan fingerprint density at radius 3 is 2.09 bits per heavy atom. The molecule has 0 aromatic heterocycles. The first-order chi connectivity index (χ1) is 15.4. The highest BCUT2D eigenvalue weighted by Crippen LogP contribution is 2.32. The van der Waals surface area contributed by atoms with E-state index in [1.165, 1.54) is 16.7 Å². The van der Waals surface area contributed by atoms with Crippen LogP contribution >= 0.6 is 11.8 Å². The molecule has 1 aliphatic rings. The highest BCUT2D eigenvalue weighted by Gasteiger charge is 2.34. The molecule has 3 aromatic rings. The molecule has 164 valence electrons. The Bertz CT molecular complexity index is 1240. The third-order valence-electron chi connectivity index (χ3n) is 5.41. The van der Waals surface area contributed by atoms with Crippen LogP contribution in [0.1, 0.15) is 39.1 Å². The normalized spacial score (nSPS) is 13.5. The van der Waals surface area contributed by atoms with E-state index < -0.39 is 9.84 Å². The van der Waals surface area contributed by atoms with Crippen LogP contribution in [-0.4, -0.2) is 37.4 Å². The summed E-state index contributed by atoms with van der Waals surface area (Å²) in [6.45, 7) is 2.18. The van der Waals surface area contributed by atoms with Crippen molar-refractivity contribution in [1.29, 1.82) is 0 Å². The van der Waals surface area contributed by atoms with Crippen molar-refractivity contribution in [1.82, 2.24) is 4.90 Å². The maximum Gasteiger partial charge on any atom is 0.261 e. The molecule has 0 radical (unpaired) electrons. The van der Waals surface area contributed by atoms with Gasteiger partial charge < -0.3 is 0 Å². The van der Waals surface area contributed by atoms with Crippen LogP contribution in [-0.2, 0) is 9.84 Å². The quantitative estimate of drug-likeness (QED) is 0.346. The van der Waals surface area contributed by atoms with Crippen molar-refractivity contribution in [3.05, 3.63) is 89.5 Å². The molecule has 0 atom stereocenters. The number of fused-ring (bicyclic) bond motifs is 1. The number of benzene rings is 3. The number of hydrogen-bond acceptors (Lipinski definition) is 5. The van der Waals surface area contributed by atoms with Gasteiger partial charge in [-0.1, -0.05) is 48.2 Å². The number of aryl methyl sites for hydroxylation is 1. The Hall–Kier alpha value is -2.90. The lowest BCUT2D eigenvalue weighted by Crippen LogP contribution is -2.30. The van der Waals surface area contributed by atoms with Gasteiger partial charge in [0.25, 0.3) is 11.8 Å². The van der Waals surface area contributed by atoms with Crippen LogP contribution in [0.5, 0.6) is 0 Å². The summed E-state index contributed by atoms with van der Waals surface area (Å²) in [6.07, 6.45) is 0.799. The van der Waals surface area contributed by atoms with Gasteiger partial charge in [0.05, 0.1) is 21.8 Å². The van der Waals surface area contributed by atoms with Gasteiger partial charge in [0.1, 0.15) is 0 Å². The lowest BCUT2D eigenvalue weighted by Gasteiger charge is -2.14. The van der Waals surface area contributed by atoms with E-state index in [4.69, 9.17) is 0 Å². The summed E-state index contributed by atoms with van der Waals surface area (Å²) in [5, 5.41) is 0. The zero-order valence-corrected chi connectivity index (χ0v) is 19.3. The predicted molar refractivity (Wildman–Crippen MR) is 125 cm³/mol. The van der Waals surface area contributed by atoms with Gasteiger partial charge in [0.15, 0.2) is 9.84 Å². The average Bonchev–Trinajstić information content (AvgIpc) is 3.03. The van der Waals surface area contributed by atoms with Crippen LogP contribution in [0.15, 0.2) is 87.5 Å². The van der Waals surface area contributed by atoms with E-state index in [0.29, 0.717) is 28.9 Å². The first kappa shape index (κ1) is 22.3. The molecule has 0 aliphatic carbocycles. The number of hydrogen-bond donors (Lipinski definition) is 0. The molecule has 3 aromatic carbocycles. The summed E-state index contributed by atoms with van der Waals surface area (Å²) in [6, 6.07) is 21.8. The minimum atomic E-state index is -3.47. The fraction of sp³-hybridized carbons (Fsp3) is 0.200. The van der Waals surface area contributed by atoms with Crippen LogP contribution in [0.4, 0.5) is 0 Å². The average molecular weight is 466 g/mol. The molecular formula is C25H23NO4S2. The maximum atomic E-state index is 12.9. The van der Waals surface area contributed by atoms with Crippen LogP contribution in [0.2, 0.25) is 0 Å². The molecule has 7 heteroatoms. The van der Waals surface area contributed by atoms with Gasteiger partial charge in [0.2, 0.25) is 0 Å². The highest BCUT2D eigenvalue weighted by atomic mass is 32.2. The summed E-state index contributed by atoms with van der Waals surface area (Å²) < 4.78 is 25.8. The van der Waals surface area contributed by atoms with Gasteiger partial charge in [-0.3, -0.25) is 14.5 Å². The van der Waals surface area contributed by atoms with Gasteiger partial charge in [-0.25, -0.2) is 8.42 Å². The molecule has 0 fully saturated rings. The topological polar surface area (TPSA) is 71.5 Å². The Morgan fingerprint density at radius 2 is 1.44 bits per heavy atom. The van der Waals surface area contributed by atoms with E-state index in [9.17, 15) is 18.0 Å². The van der Waals surface area contributed by atoms with Gasteiger partial charge >= 0.3 is 0 Å². The molecule has 0 saturated heterocycles. The molecule has 2 amide bonds. The second kappa shape index (κ2) is 9.30. The number of carbonyl (C=O) groups is 2. The van der Waals surface area contributed by atoms with Crippen LogP contribution in [0, 0.1) is 6.92 Å². The second-order valence-electron chi connectivity index (χ2n) is 7.68. The lowest BCUT2D eigenvalue weighted by atomic mass is 10.1. The predicted octanol–water partition coefficient (Wildman–Crippen LogP) is 5.00. The number of amides is 2. The smallest absolute Gasteiger partial charge is 0.261 e. The van der Waals surface area contributed by atoms with Crippen molar-refractivity contribution in [2.75, 3.05) is 12.3 Å². The molecule has 1 aliphatic heterocycles. The number of nitrogens with zero attached hydrogens (tertiary/aromatic N) is 1. The van der Waals surface area contributed by atoms with Crippen molar-refractivity contribution in [3.8, 4) is 0 Å². The van der Waals surface area contributed by atoms with E-state index in [2.05, 4.69) is 0 Å². The first-order valence-corrected chi connectivity index (χ1v) is 12.9. The van der Waals surface area contributed by atoms with Gasteiger partial charge in [-0.2, -0.15) is 0 Å². The number of sulfone groups is 1. The fourth-order valence-electron chi connectivity index (χ4n) is 3.62. The molecule has 1 heterocycles. The van der Waals surface area contributed by atoms with Crippen LogP contribution < -0.4 is 0 Å². The molecule has 0 saturated carbocycles. The lowest BCUT2D eigenvalue weighted by molar-refractivity contribution is 0.0652. The zero-order valence-electron chi connectivity index (χ0n) is 17.7. The molecule has 5 nitrogen and oxygen atoms in total. The minimum absolute atomic E-state index is 0.0331. The number of imide groups is 1. The van der Waals surface area contributed by atoms with Crippen LogP contribution in [0.3, 0.4) is 0 Å². The number of carbonyl (C=O) groups excluding carboxylic acids is 2. The maximum absolute atomic E-state index is 12.9. The van der Waals surface area contributed by atoms with Gasteiger partial charge in [-0.15, -0.1) is 0 Å². The summed E-state index contributed by atoms with van der Waals surface area (Å²) in [4.78, 5) is 28.3. The summed E-state index contributed by atoms with van der Waals surface area (Å²) in [5.41, 5.74) is 1.84. The Labute approximate surface area is 192 Å². The van der Waals surface area contributed by atoms with Crippen molar-refractivity contribution in [2.24, 2.45) is 0 Å². The SMILES string of the molecule is Cc1ccc(S(=O)(=O)CCCCN2C(=O)c3ccccc3C2=O)cc1Sc1ccccc1. The van der Waals surface area contributed by atoms with E-state index in [1.54, 1.807) is 36.4 Å². The van der Waals surface area contributed by atoms with Crippen molar-refractivity contribution < 1.29 is 18.0 Å². The summed E-state index contributed by atoms with van der Waals surface area (Å²) in [5.74, 6) is -0.654. The van der Waals surface area contributed by atoms with Gasteiger partial charge in [-0.05, 0) is 61.7 Å². The molecule has 4 rings (SSSR count). The molecular weight excluding hydrogens is 442 g/mol. The van der Waals surface area contributed by atoms with Crippen molar-refractivity contribution in [2.45, 2.75) is 34.5 Å². The fourth-order valence-corrected chi connectivity index (χ4v) is 6.05. The van der Waals surface area contributed by atoms with Gasteiger partial charge in [0, 0.05) is 16.3 Å². The molecule has 0 spiro atoms. The van der Waals surface area contributed by atoms with E-state index >= 15 is 0 Å². The molecule has 32 heavy (non-hydrogen) atoms. The van der Waals surface area contributed by atoms with E-state index in [1.807, 2.05) is 43.3 Å². The highest BCUT2D eigenvalue weighted by molar-refractivity contribution is 7.99. The molecule has 0 N–H and O–H groups in total. The Morgan fingerprint density at radius 1 is 0.812 bits per heavy atom. The zero-order chi connectivity index (χ0) is 22.7. The largest absolute Gasteiger partial charge is 0.274 e. The monoisotopic (exact) mass is 465 g/mol. The third-order valence-corrected chi connectivity index (χ3v) is 8.38. The Balaban J connectivity index is 1.37. The van der Waals surface area contributed by atoms with Crippen molar-refractivity contribution >= 4 is 33.4 Å². The Kier molecular flexibility index (Phi) is 6.48.